The summed E-state index contributed by atoms with van der Waals surface area (Å²) in [6, 6.07) is 4.07. The Kier molecular flexibility index (Phi) is 5.97. The molecule has 0 fully saturated rings. The fourth-order valence-electron chi connectivity index (χ4n) is 1.43. The standard InChI is InChI=1S/C12H20N2O/c1-2-11(10-15)9-14-8-5-12-3-6-13-7-4-12/h3-4,6-7,11,14-15H,2,5,8-10H2,1H3. The molecule has 0 aromatic carbocycles. The second-order valence-electron chi connectivity index (χ2n) is 3.77. The maximum Gasteiger partial charge on any atom is 0.0471 e. The fourth-order valence-corrected chi connectivity index (χ4v) is 1.43. The van der Waals surface area contributed by atoms with E-state index in [-0.39, 0.29) is 6.61 Å². The average Bonchev–Trinajstić information content (AvgIpc) is 2.31. The van der Waals surface area contributed by atoms with E-state index in [0.717, 1.165) is 25.9 Å². The highest BCUT2D eigenvalue weighted by molar-refractivity contribution is 5.09. The number of aliphatic hydroxyl groups is 1. The van der Waals surface area contributed by atoms with E-state index in [4.69, 9.17) is 5.11 Å². The fraction of sp³-hybridized carbons (Fsp3) is 0.583. The van der Waals surface area contributed by atoms with Gasteiger partial charge < -0.3 is 10.4 Å². The van der Waals surface area contributed by atoms with Crippen LogP contribution >= 0.6 is 0 Å². The topological polar surface area (TPSA) is 45.1 Å². The minimum absolute atomic E-state index is 0.277. The van der Waals surface area contributed by atoms with E-state index in [2.05, 4.69) is 17.2 Å². The Bertz CT molecular complexity index is 247. The zero-order chi connectivity index (χ0) is 10.9. The summed E-state index contributed by atoms with van der Waals surface area (Å²) in [7, 11) is 0. The van der Waals surface area contributed by atoms with Crippen molar-refractivity contribution in [3.8, 4) is 0 Å². The lowest BCUT2D eigenvalue weighted by Crippen LogP contribution is -2.26. The predicted molar refractivity (Wildman–Crippen MR) is 61.7 cm³/mol. The van der Waals surface area contributed by atoms with Crippen LogP contribution in [0.5, 0.6) is 0 Å². The highest BCUT2D eigenvalue weighted by Crippen LogP contribution is 1.99. The van der Waals surface area contributed by atoms with Gasteiger partial charge in [-0.05, 0) is 43.0 Å². The van der Waals surface area contributed by atoms with E-state index in [0.29, 0.717) is 5.92 Å². The summed E-state index contributed by atoms with van der Waals surface area (Å²) in [6.07, 6.45) is 5.68. The summed E-state index contributed by atoms with van der Waals surface area (Å²) in [5, 5.41) is 12.3. The molecule has 0 bridgehead atoms. The van der Waals surface area contributed by atoms with Crippen LogP contribution in [0.3, 0.4) is 0 Å². The molecule has 0 radical (unpaired) electrons. The molecule has 3 heteroatoms. The number of aliphatic hydroxyl groups excluding tert-OH is 1. The summed E-state index contributed by atoms with van der Waals surface area (Å²) >= 11 is 0. The number of nitrogens with zero attached hydrogens (tertiary/aromatic N) is 1. The maximum absolute atomic E-state index is 8.99. The van der Waals surface area contributed by atoms with E-state index < -0.39 is 0 Å². The van der Waals surface area contributed by atoms with E-state index in [1.165, 1.54) is 5.56 Å². The minimum atomic E-state index is 0.277. The molecule has 0 saturated heterocycles. The van der Waals surface area contributed by atoms with Gasteiger partial charge in [-0.3, -0.25) is 4.98 Å². The lowest BCUT2D eigenvalue weighted by atomic mass is 10.1. The number of rotatable bonds is 7. The van der Waals surface area contributed by atoms with Crippen molar-refractivity contribution < 1.29 is 5.11 Å². The van der Waals surface area contributed by atoms with E-state index in [9.17, 15) is 0 Å². The van der Waals surface area contributed by atoms with Crippen LogP contribution in [0.2, 0.25) is 0 Å². The SMILES string of the molecule is CCC(CO)CNCCc1ccncc1. The number of hydrogen-bond donors (Lipinski definition) is 2. The van der Waals surface area contributed by atoms with Crippen molar-refractivity contribution in [3.63, 3.8) is 0 Å². The van der Waals surface area contributed by atoms with Gasteiger partial charge in [-0.1, -0.05) is 6.92 Å². The summed E-state index contributed by atoms with van der Waals surface area (Å²) in [5.41, 5.74) is 1.30. The zero-order valence-electron chi connectivity index (χ0n) is 9.32. The smallest absolute Gasteiger partial charge is 0.0471 e. The van der Waals surface area contributed by atoms with Crippen molar-refractivity contribution in [3.05, 3.63) is 30.1 Å². The Morgan fingerprint density at radius 1 is 1.40 bits per heavy atom. The molecule has 0 aliphatic carbocycles. The molecule has 0 saturated carbocycles. The van der Waals surface area contributed by atoms with Crippen LogP contribution in [-0.2, 0) is 6.42 Å². The molecule has 3 nitrogen and oxygen atoms in total. The van der Waals surface area contributed by atoms with Crippen molar-refractivity contribution in [1.82, 2.24) is 10.3 Å². The first-order valence-corrected chi connectivity index (χ1v) is 5.57. The number of aromatic nitrogens is 1. The van der Waals surface area contributed by atoms with E-state index in [1.54, 1.807) is 0 Å². The Morgan fingerprint density at radius 2 is 2.13 bits per heavy atom. The van der Waals surface area contributed by atoms with Gasteiger partial charge in [0.1, 0.15) is 0 Å². The normalized spacial score (nSPS) is 12.7. The third-order valence-corrected chi connectivity index (χ3v) is 2.61. The monoisotopic (exact) mass is 208 g/mol. The molecule has 84 valence electrons. The first kappa shape index (κ1) is 12.1. The van der Waals surface area contributed by atoms with Crippen molar-refractivity contribution in [1.29, 1.82) is 0 Å². The molecule has 1 aromatic heterocycles. The summed E-state index contributed by atoms with van der Waals surface area (Å²) in [4.78, 5) is 3.97. The van der Waals surface area contributed by atoms with Gasteiger partial charge in [-0.25, -0.2) is 0 Å². The minimum Gasteiger partial charge on any atom is -0.396 e. The van der Waals surface area contributed by atoms with Gasteiger partial charge in [-0.2, -0.15) is 0 Å². The summed E-state index contributed by atoms with van der Waals surface area (Å²) in [6.45, 7) is 4.24. The van der Waals surface area contributed by atoms with Crippen molar-refractivity contribution in [2.75, 3.05) is 19.7 Å². The van der Waals surface area contributed by atoms with Crippen LogP contribution in [0.15, 0.2) is 24.5 Å². The first-order valence-electron chi connectivity index (χ1n) is 5.57. The third kappa shape index (κ3) is 4.91. The molecule has 1 aromatic rings. The number of nitrogens with one attached hydrogen (secondary N) is 1. The molecule has 0 amide bonds. The van der Waals surface area contributed by atoms with Gasteiger partial charge in [0.2, 0.25) is 0 Å². The van der Waals surface area contributed by atoms with Crippen molar-refractivity contribution in [2.45, 2.75) is 19.8 Å². The van der Waals surface area contributed by atoms with E-state index >= 15 is 0 Å². The Balaban J connectivity index is 2.12. The van der Waals surface area contributed by atoms with Gasteiger partial charge in [0, 0.05) is 25.5 Å². The van der Waals surface area contributed by atoms with Crippen molar-refractivity contribution in [2.24, 2.45) is 5.92 Å². The van der Waals surface area contributed by atoms with Gasteiger partial charge in [0.05, 0.1) is 0 Å². The molecule has 1 rings (SSSR count). The number of pyridine rings is 1. The van der Waals surface area contributed by atoms with Crippen LogP contribution < -0.4 is 5.32 Å². The second kappa shape index (κ2) is 7.37. The first-order chi connectivity index (χ1) is 7.36. The Labute approximate surface area is 91.5 Å². The molecule has 2 N–H and O–H groups in total. The number of hydrogen-bond acceptors (Lipinski definition) is 3. The van der Waals surface area contributed by atoms with Crippen LogP contribution in [0, 0.1) is 5.92 Å². The lowest BCUT2D eigenvalue weighted by molar-refractivity contribution is 0.219. The van der Waals surface area contributed by atoms with E-state index in [1.807, 2.05) is 24.5 Å². The molecular weight excluding hydrogens is 188 g/mol. The largest absolute Gasteiger partial charge is 0.396 e. The van der Waals surface area contributed by atoms with Gasteiger partial charge in [0.25, 0.3) is 0 Å². The van der Waals surface area contributed by atoms with Gasteiger partial charge >= 0.3 is 0 Å². The maximum atomic E-state index is 8.99. The molecule has 0 aliphatic rings. The highest BCUT2D eigenvalue weighted by Gasteiger charge is 2.02. The second-order valence-corrected chi connectivity index (χ2v) is 3.77. The predicted octanol–water partition coefficient (Wildman–Crippen LogP) is 1.23. The lowest BCUT2D eigenvalue weighted by Gasteiger charge is -2.12. The molecule has 0 spiro atoms. The van der Waals surface area contributed by atoms with Crippen LogP contribution in [-0.4, -0.2) is 29.8 Å². The Hall–Kier alpha value is -0.930. The molecule has 1 atom stereocenters. The van der Waals surface area contributed by atoms with Crippen molar-refractivity contribution >= 4 is 0 Å². The molecule has 15 heavy (non-hydrogen) atoms. The van der Waals surface area contributed by atoms with Crippen LogP contribution in [0.25, 0.3) is 0 Å². The van der Waals surface area contributed by atoms with Crippen LogP contribution in [0.1, 0.15) is 18.9 Å². The third-order valence-electron chi connectivity index (χ3n) is 2.61. The average molecular weight is 208 g/mol. The molecule has 0 aliphatic heterocycles. The summed E-state index contributed by atoms with van der Waals surface area (Å²) < 4.78 is 0. The molecule has 1 unspecified atom stereocenters. The Morgan fingerprint density at radius 3 is 2.73 bits per heavy atom. The zero-order valence-corrected chi connectivity index (χ0v) is 9.32. The van der Waals surface area contributed by atoms with Gasteiger partial charge in [0.15, 0.2) is 0 Å². The quantitative estimate of drug-likeness (QED) is 0.662. The molecular formula is C12H20N2O. The summed E-state index contributed by atoms with van der Waals surface area (Å²) in [5.74, 6) is 0.391. The van der Waals surface area contributed by atoms with Gasteiger partial charge in [-0.15, -0.1) is 0 Å². The molecule has 1 heterocycles. The highest BCUT2D eigenvalue weighted by atomic mass is 16.3. The van der Waals surface area contributed by atoms with Crippen LogP contribution in [0.4, 0.5) is 0 Å².